The summed E-state index contributed by atoms with van der Waals surface area (Å²) >= 11 is 0. The maximum atomic E-state index is 12.6. The number of ether oxygens (including phenoxy) is 2. The lowest BCUT2D eigenvalue weighted by atomic mass is 10.0. The third-order valence-corrected chi connectivity index (χ3v) is 4.15. The first kappa shape index (κ1) is 22.7. The van der Waals surface area contributed by atoms with Crippen molar-refractivity contribution in [2.24, 2.45) is 0 Å². The number of carbonyl (C=O) groups excluding carboxylic acids is 2. The van der Waals surface area contributed by atoms with Gasteiger partial charge >= 0.3 is 17.8 Å². The van der Waals surface area contributed by atoms with Crippen LogP contribution in [0.4, 0.5) is 18.9 Å². The van der Waals surface area contributed by atoms with Gasteiger partial charge in [0.15, 0.2) is 5.75 Å². The molecule has 0 aliphatic carbocycles. The Morgan fingerprint density at radius 2 is 1.77 bits per heavy atom. The Balaban J connectivity index is 2.22. The number of carbonyl (C=O) groups is 2. The summed E-state index contributed by atoms with van der Waals surface area (Å²) in [7, 11) is 2.36. The highest BCUT2D eigenvalue weighted by molar-refractivity contribution is 5.96. The van der Waals surface area contributed by atoms with E-state index in [1.807, 2.05) is 0 Å². The Bertz CT molecular complexity index is 944. The summed E-state index contributed by atoms with van der Waals surface area (Å²) in [4.78, 5) is 34.9. The Kier molecular flexibility index (Phi) is 6.98. The van der Waals surface area contributed by atoms with Gasteiger partial charge in [-0.2, -0.15) is 13.2 Å². The van der Waals surface area contributed by atoms with Gasteiger partial charge in [-0.15, -0.1) is 0 Å². The van der Waals surface area contributed by atoms with E-state index < -0.39 is 34.6 Å². The van der Waals surface area contributed by atoms with Crippen LogP contribution in [0.3, 0.4) is 0 Å². The molecule has 1 amide bonds. The maximum Gasteiger partial charge on any atom is 0.416 e. The molecular formula is C19H17F3N2O6. The minimum Gasteiger partial charge on any atom is -0.490 e. The van der Waals surface area contributed by atoms with Crippen LogP contribution < -0.4 is 10.1 Å². The first-order valence-corrected chi connectivity index (χ1v) is 8.44. The highest BCUT2D eigenvalue weighted by Gasteiger charge is 2.30. The molecule has 0 fully saturated rings. The molecule has 2 rings (SSSR count). The van der Waals surface area contributed by atoms with E-state index in [4.69, 9.17) is 4.74 Å². The molecule has 0 saturated carbocycles. The number of nitrogens with zero attached hydrogens (tertiary/aromatic N) is 1. The van der Waals surface area contributed by atoms with E-state index in [-0.39, 0.29) is 23.4 Å². The third kappa shape index (κ3) is 5.46. The topological polar surface area (TPSA) is 108 Å². The number of alkyl halides is 3. The zero-order chi connectivity index (χ0) is 22.5. The Labute approximate surface area is 168 Å². The van der Waals surface area contributed by atoms with E-state index in [2.05, 4.69) is 10.1 Å². The Morgan fingerprint density at radius 3 is 2.27 bits per heavy atom. The number of nitro groups is 1. The van der Waals surface area contributed by atoms with Crippen molar-refractivity contribution in [3.8, 4) is 5.75 Å². The summed E-state index contributed by atoms with van der Waals surface area (Å²) in [6.07, 6.45) is -4.70. The van der Waals surface area contributed by atoms with E-state index in [0.29, 0.717) is 5.56 Å². The summed E-state index contributed by atoms with van der Waals surface area (Å²) in [5.74, 6) is -1.61. The lowest BCUT2D eigenvalue weighted by Crippen LogP contribution is -2.43. The lowest BCUT2D eigenvalue weighted by Gasteiger charge is -2.17. The SMILES string of the molecule is COC(=O)[C@H](Cc1ccc(OC)c([N+](=O)[O-])c1)NC(=O)c1ccc(C(F)(F)F)cc1. The van der Waals surface area contributed by atoms with Crippen LogP contribution in [0.25, 0.3) is 0 Å². The van der Waals surface area contributed by atoms with Gasteiger partial charge in [-0.25, -0.2) is 4.79 Å². The van der Waals surface area contributed by atoms with E-state index >= 15 is 0 Å². The van der Waals surface area contributed by atoms with Gasteiger partial charge in [0.2, 0.25) is 0 Å². The van der Waals surface area contributed by atoms with Crippen LogP contribution in [0.15, 0.2) is 42.5 Å². The van der Waals surface area contributed by atoms with Crippen LogP contribution in [-0.2, 0) is 22.1 Å². The van der Waals surface area contributed by atoms with Crippen molar-refractivity contribution in [2.75, 3.05) is 14.2 Å². The molecule has 0 radical (unpaired) electrons. The average Bonchev–Trinajstić information content (AvgIpc) is 2.71. The quantitative estimate of drug-likeness (QED) is 0.414. The molecule has 1 atom stereocenters. The zero-order valence-corrected chi connectivity index (χ0v) is 15.9. The van der Waals surface area contributed by atoms with Crippen molar-refractivity contribution < 1.29 is 37.2 Å². The first-order chi connectivity index (χ1) is 14.1. The van der Waals surface area contributed by atoms with Crippen molar-refractivity contribution in [3.05, 3.63) is 69.3 Å². The molecule has 0 unspecified atom stereocenters. The first-order valence-electron chi connectivity index (χ1n) is 8.44. The van der Waals surface area contributed by atoms with Gasteiger partial charge in [0.05, 0.1) is 24.7 Å². The highest BCUT2D eigenvalue weighted by Crippen LogP contribution is 2.29. The molecule has 30 heavy (non-hydrogen) atoms. The molecule has 160 valence electrons. The van der Waals surface area contributed by atoms with Crippen LogP contribution in [0.5, 0.6) is 5.75 Å². The third-order valence-electron chi connectivity index (χ3n) is 4.15. The van der Waals surface area contributed by atoms with Gasteiger partial charge in [-0.3, -0.25) is 14.9 Å². The van der Waals surface area contributed by atoms with E-state index in [9.17, 15) is 32.9 Å². The molecule has 0 aliphatic rings. The largest absolute Gasteiger partial charge is 0.490 e. The number of benzene rings is 2. The monoisotopic (exact) mass is 426 g/mol. The fraction of sp³-hybridized carbons (Fsp3) is 0.263. The van der Waals surface area contributed by atoms with Crippen LogP contribution in [0.1, 0.15) is 21.5 Å². The Morgan fingerprint density at radius 1 is 1.13 bits per heavy atom. The highest BCUT2D eigenvalue weighted by atomic mass is 19.4. The molecule has 0 saturated heterocycles. The van der Waals surface area contributed by atoms with Crippen molar-refractivity contribution in [2.45, 2.75) is 18.6 Å². The van der Waals surface area contributed by atoms with Crippen molar-refractivity contribution >= 4 is 17.6 Å². The zero-order valence-electron chi connectivity index (χ0n) is 15.9. The molecule has 0 heterocycles. The summed E-state index contributed by atoms with van der Waals surface area (Å²) in [5.41, 5.74) is -1.01. The molecule has 2 aromatic rings. The molecule has 0 aliphatic heterocycles. The van der Waals surface area contributed by atoms with Gasteiger partial charge in [0, 0.05) is 18.1 Å². The molecule has 0 aromatic heterocycles. The van der Waals surface area contributed by atoms with E-state index in [1.54, 1.807) is 0 Å². The maximum absolute atomic E-state index is 12.6. The van der Waals surface area contributed by atoms with Gasteiger partial charge in [-0.1, -0.05) is 6.07 Å². The van der Waals surface area contributed by atoms with Gasteiger partial charge in [0.1, 0.15) is 6.04 Å². The summed E-state index contributed by atoms with van der Waals surface area (Å²) in [6.45, 7) is 0. The number of halogens is 3. The fourth-order valence-corrected chi connectivity index (χ4v) is 2.63. The minimum absolute atomic E-state index is 0.0205. The number of nitro benzene ring substituents is 1. The standard InChI is InChI=1S/C19H17F3N2O6/c1-29-16-8-3-11(10-15(16)24(27)28)9-14(18(26)30-2)23-17(25)12-4-6-13(7-5-12)19(20,21)22/h3-8,10,14H,9H2,1-2H3,(H,23,25)/t14-/m0/s1. The van der Waals surface area contributed by atoms with Gasteiger partial charge in [0.25, 0.3) is 5.91 Å². The fourth-order valence-electron chi connectivity index (χ4n) is 2.63. The van der Waals surface area contributed by atoms with Gasteiger partial charge in [-0.05, 0) is 35.9 Å². The van der Waals surface area contributed by atoms with Crippen molar-refractivity contribution in [1.82, 2.24) is 5.32 Å². The number of methoxy groups -OCH3 is 2. The molecule has 2 aromatic carbocycles. The van der Waals surface area contributed by atoms with Crippen molar-refractivity contribution in [3.63, 3.8) is 0 Å². The van der Waals surface area contributed by atoms with Gasteiger partial charge < -0.3 is 14.8 Å². The number of nitrogens with one attached hydrogen (secondary N) is 1. The number of hydrogen-bond donors (Lipinski definition) is 1. The second-order valence-corrected chi connectivity index (χ2v) is 6.09. The molecule has 1 N–H and O–H groups in total. The van der Waals surface area contributed by atoms with Crippen LogP contribution in [0.2, 0.25) is 0 Å². The number of esters is 1. The summed E-state index contributed by atoms with van der Waals surface area (Å²) < 4.78 is 47.5. The van der Waals surface area contributed by atoms with Crippen LogP contribution in [0, 0.1) is 10.1 Å². The smallest absolute Gasteiger partial charge is 0.416 e. The lowest BCUT2D eigenvalue weighted by molar-refractivity contribution is -0.385. The van der Waals surface area contributed by atoms with Crippen molar-refractivity contribution in [1.29, 1.82) is 0 Å². The average molecular weight is 426 g/mol. The second-order valence-electron chi connectivity index (χ2n) is 6.09. The predicted octanol–water partition coefficient (Wildman–Crippen LogP) is 3.14. The minimum atomic E-state index is -4.55. The molecule has 8 nitrogen and oxygen atoms in total. The van der Waals surface area contributed by atoms with E-state index in [0.717, 1.165) is 31.4 Å². The normalized spacial score (nSPS) is 12.0. The number of hydrogen-bond acceptors (Lipinski definition) is 6. The number of amides is 1. The van der Waals surface area contributed by atoms with Crippen LogP contribution >= 0.6 is 0 Å². The van der Waals surface area contributed by atoms with Crippen LogP contribution in [-0.4, -0.2) is 37.1 Å². The molecule has 0 spiro atoms. The summed E-state index contributed by atoms with van der Waals surface area (Å²) in [6, 6.07) is 6.24. The Hall–Kier alpha value is -3.63. The summed E-state index contributed by atoms with van der Waals surface area (Å²) in [5, 5.41) is 13.5. The van der Waals surface area contributed by atoms with E-state index in [1.165, 1.54) is 25.3 Å². The number of rotatable bonds is 7. The molecule has 11 heteroatoms. The predicted molar refractivity (Wildman–Crippen MR) is 98.1 cm³/mol. The molecular weight excluding hydrogens is 409 g/mol. The molecule has 0 bridgehead atoms. The second kappa shape index (κ2) is 9.25.